The highest BCUT2D eigenvalue weighted by Gasteiger charge is 2.44. The maximum Gasteiger partial charge on any atom is 0.214 e. The lowest BCUT2D eigenvalue weighted by Crippen LogP contribution is -2.57. The third-order valence-electron chi connectivity index (χ3n) is 7.13. The van der Waals surface area contributed by atoms with Gasteiger partial charge in [-0.3, -0.25) is 10.4 Å². The molecule has 3 fully saturated rings. The van der Waals surface area contributed by atoms with Crippen molar-refractivity contribution in [3.05, 3.63) is 24.4 Å². The van der Waals surface area contributed by atoms with E-state index in [4.69, 9.17) is 4.98 Å². The average Bonchev–Trinajstić information content (AvgIpc) is 3.16. The molecule has 3 unspecified atom stereocenters. The summed E-state index contributed by atoms with van der Waals surface area (Å²) in [7, 11) is -3.24. The van der Waals surface area contributed by atoms with Crippen LogP contribution in [0.5, 0.6) is 0 Å². The van der Waals surface area contributed by atoms with Gasteiger partial charge in [-0.2, -0.15) is 4.31 Å². The monoisotopic (exact) mass is 487 g/mol. The number of hydrogen-bond donors (Lipinski definition) is 4. The van der Waals surface area contributed by atoms with Gasteiger partial charge >= 0.3 is 0 Å². The molecular formula is C24H37N7O2S. The number of pyridine rings is 2. The standard InChI is InChI=1S/C24H37N7O2S/c1-15(2)14-34(32,33)31-18-6-4-7-19(31)12-17(11-18)26-24-20-8-5-9-25-21(20)13-22(28-24)27-23-10-16(3)29-30-23/h5,8-9,13,15-19,23,29-30H,4,6-7,10-12,14H2,1-3H3,(H2,26,27,28)/t16?,17?,18-,19+,23?. The number of anilines is 2. The van der Waals surface area contributed by atoms with E-state index in [1.54, 1.807) is 6.20 Å². The van der Waals surface area contributed by atoms with Crippen LogP contribution in [0.15, 0.2) is 24.4 Å². The number of rotatable bonds is 7. The van der Waals surface area contributed by atoms with Crippen molar-refractivity contribution >= 4 is 32.6 Å². The lowest BCUT2D eigenvalue weighted by molar-refractivity contribution is 0.115. The normalized spacial score (nSPS) is 30.1. The number of nitrogens with zero attached hydrogens (tertiary/aromatic N) is 3. The van der Waals surface area contributed by atoms with Crippen LogP contribution in [0.2, 0.25) is 0 Å². The molecule has 0 spiro atoms. The summed E-state index contributed by atoms with van der Waals surface area (Å²) >= 11 is 0. The van der Waals surface area contributed by atoms with Crippen LogP contribution in [0.25, 0.3) is 10.9 Å². The number of nitrogens with one attached hydrogen (secondary N) is 4. The van der Waals surface area contributed by atoms with Crippen molar-refractivity contribution in [2.75, 3.05) is 16.4 Å². The Labute approximate surface area is 202 Å². The lowest BCUT2D eigenvalue weighted by Gasteiger charge is -2.48. The highest BCUT2D eigenvalue weighted by Crippen LogP contribution is 2.38. The number of piperidine rings is 2. The minimum atomic E-state index is -3.24. The van der Waals surface area contributed by atoms with Gasteiger partial charge in [-0.15, -0.1) is 0 Å². The molecule has 0 aliphatic carbocycles. The van der Waals surface area contributed by atoms with Crippen LogP contribution in [-0.4, -0.2) is 58.8 Å². The number of fused-ring (bicyclic) bond motifs is 3. The largest absolute Gasteiger partial charge is 0.367 e. The van der Waals surface area contributed by atoms with Crippen molar-refractivity contribution in [3.63, 3.8) is 0 Å². The Morgan fingerprint density at radius 1 is 1.15 bits per heavy atom. The van der Waals surface area contributed by atoms with Gasteiger partial charge in [-0.25, -0.2) is 18.8 Å². The van der Waals surface area contributed by atoms with Crippen LogP contribution in [0.3, 0.4) is 0 Å². The third-order valence-corrected chi connectivity index (χ3v) is 9.45. The van der Waals surface area contributed by atoms with Crippen LogP contribution >= 0.6 is 0 Å². The first kappa shape index (κ1) is 23.7. The quantitative estimate of drug-likeness (QED) is 0.472. The van der Waals surface area contributed by atoms with E-state index in [-0.39, 0.29) is 36.0 Å². The smallest absolute Gasteiger partial charge is 0.214 e. The molecule has 3 aliphatic rings. The Morgan fingerprint density at radius 2 is 1.91 bits per heavy atom. The van der Waals surface area contributed by atoms with Gasteiger partial charge < -0.3 is 10.6 Å². The van der Waals surface area contributed by atoms with Gasteiger partial charge in [0.15, 0.2) is 0 Å². The molecular weight excluding hydrogens is 450 g/mol. The predicted molar refractivity (Wildman–Crippen MR) is 136 cm³/mol. The van der Waals surface area contributed by atoms with Gasteiger partial charge in [0.1, 0.15) is 11.6 Å². The van der Waals surface area contributed by atoms with Crippen LogP contribution in [0.4, 0.5) is 11.6 Å². The summed E-state index contributed by atoms with van der Waals surface area (Å²) < 4.78 is 28.2. The van der Waals surface area contributed by atoms with E-state index in [1.807, 2.05) is 36.4 Å². The Hall–Kier alpha value is -2.01. The molecule has 9 nitrogen and oxygen atoms in total. The predicted octanol–water partition coefficient (Wildman–Crippen LogP) is 3.04. The summed E-state index contributed by atoms with van der Waals surface area (Å²) in [6.07, 6.45) is 7.43. The summed E-state index contributed by atoms with van der Waals surface area (Å²) in [6, 6.07) is 6.67. The molecule has 0 saturated carbocycles. The lowest BCUT2D eigenvalue weighted by atomic mass is 9.84. The minimum Gasteiger partial charge on any atom is -0.367 e. The second-order valence-electron chi connectivity index (χ2n) is 10.6. The van der Waals surface area contributed by atoms with Crippen LogP contribution < -0.4 is 21.5 Å². The molecule has 4 N–H and O–H groups in total. The van der Waals surface area contributed by atoms with Gasteiger partial charge in [0.2, 0.25) is 10.0 Å². The summed E-state index contributed by atoms with van der Waals surface area (Å²) in [5.41, 5.74) is 7.38. The molecule has 0 amide bonds. The Bertz CT molecular complexity index is 1110. The Morgan fingerprint density at radius 3 is 2.59 bits per heavy atom. The zero-order valence-corrected chi connectivity index (χ0v) is 21.1. The Balaban J connectivity index is 1.37. The number of hydrogen-bond acceptors (Lipinski definition) is 8. The first-order valence-electron chi connectivity index (χ1n) is 12.6. The summed E-state index contributed by atoms with van der Waals surface area (Å²) in [5.74, 6) is 1.95. The topological polar surface area (TPSA) is 111 Å². The third kappa shape index (κ3) is 5.00. The second kappa shape index (κ2) is 9.56. The van der Waals surface area contributed by atoms with Crippen molar-refractivity contribution in [3.8, 4) is 0 Å². The molecule has 34 heavy (non-hydrogen) atoms. The van der Waals surface area contributed by atoms with E-state index in [1.165, 1.54) is 0 Å². The molecule has 186 valence electrons. The van der Waals surface area contributed by atoms with Crippen molar-refractivity contribution in [1.82, 2.24) is 25.1 Å². The van der Waals surface area contributed by atoms with E-state index in [0.29, 0.717) is 6.04 Å². The van der Waals surface area contributed by atoms with Crippen molar-refractivity contribution in [2.45, 2.75) is 89.6 Å². The Kier molecular flexibility index (Phi) is 6.67. The number of hydrazine groups is 1. The van der Waals surface area contributed by atoms with Crippen molar-refractivity contribution < 1.29 is 8.42 Å². The van der Waals surface area contributed by atoms with Gasteiger partial charge in [0.05, 0.1) is 17.4 Å². The molecule has 0 aromatic carbocycles. The summed E-state index contributed by atoms with van der Waals surface area (Å²) in [6.45, 7) is 6.10. The van der Waals surface area contributed by atoms with Crippen LogP contribution in [0, 0.1) is 5.92 Å². The van der Waals surface area contributed by atoms with E-state index in [0.717, 1.165) is 61.1 Å². The van der Waals surface area contributed by atoms with E-state index in [9.17, 15) is 8.42 Å². The average molecular weight is 488 g/mol. The maximum absolute atomic E-state index is 13.1. The molecule has 2 aromatic heterocycles. The molecule has 2 bridgehead atoms. The van der Waals surface area contributed by atoms with Crippen molar-refractivity contribution in [1.29, 1.82) is 0 Å². The van der Waals surface area contributed by atoms with Gasteiger partial charge in [-0.1, -0.05) is 20.3 Å². The fraction of sp³-hybridized carbons (Fsp3) is 0.667. The molecule has 0 radical (unpaired) electrons. The number of aromatic nitrogens is 2. The van der Waals surface area contributed by atoms with Crippen molar-refractivity contribution in [2.24, 2.45) is 5.92 Å². The fourth-order valence-electron chi connectivity index (χ4n) is 5.86. The summed E-state index contributed by atoms with van der Waals surface area (Å²) in [5, 5.41) is 8.15. The van der Waals surface area contributed by atoms with E-state index < -0.39 is 10.0 Å². The SMILES string of the molecule is CC(C)CS(=O)(=O)N1[C@@H]2CCC[C@H]1CC(Nc1nc(NC3CC(C)NN3)cc3ncccc13)C2. The molecule has 2 aromatic rings. The highest BCUT2D eigenvalue weighted by atomic mass is 32.2. The molecule has 5 heterocycles. The van der Waals surface area contributed by atoms with Gasteiger partial charge in [0.25, 0.3) is 0 Å². The van der Waals surface area contributed by atoms with Crippen LogP contribution in [0.1, 0.15) is 59.3 Å². The van der Waals surface area contributed by atoms with E-state index >= 15 is 0 Å². The van der Waals surface area contributed by atoms with E-state index in [2.05, 4.69) is 33.4 Å². The minimum absolute atomic E-state index is 0.0645. The summed E-state index contributed by atoms with van der Waals surface area (Å²) in [4.78, 5) is 9.49. The first-order chi connectivity index (χ1) is 16.3. The highest BCUT2D eigenvalue weighted by molar-refractivity contribution is 7.89. The molecule has 3 saturated heterocycles. The number of sulfonamides is 1. The van der Waals surface area contributed by atoms with Gasteiger partial charge in [0, 0.05) is 41.8 Å². The zero-order valence-electron chi connectivity index (χ0n) is 20.3. The van der Waals surface area contributed by atoms with Crippen LogP contribution in [-0.2, 0) is 10.0 Å². The maximum atomic E-state index is 13.1. The van der Waals surface area contributed by atoms with Gasteiger partial charge in [-0.05, 0) is 57.1 Å². The fourth-order valence-corrected chi connectivity index (χ4v) is 8.16. The first-order valence-corrected chi connectivity index (χ1v) is 14.2. The zero-order chi connectivity index (χ0) is 23.9. The molecule has 5 atom stereocenters. The second-order valence-corrected chi connectivity index (χ2v) is 12.5. The molecule has 5 rings (SSSR count). The molecule has 10 heteroatoms. The molecule has 3 aliphatic heterocycles.